The van der Waals surface area contributed by atoms with Crippen molar-refractivity contribution in [2.75, 3.05) is 0 Å². The van der Waals surface area contributed by atoms with Crippen molar-refractivity contribution in [3.63, 3.8) is 0 Å². The van der Waals surface area contributed by atoms with Crippen LogP contribution in [-0.4, -0.2) is 17.1 Å². The maximum absolute atomic E-state index is 13.1. The Hall–Kier alpha value is -1.72. The van der Waals surface area contributed by atoms with Gasteiger partial charge in [-0.25, -0.2) is 13.8 Å². The second-order valence-corrected chi connectivity index (χ2v) is 4.81. The number of nitrogens with zero attached hydrogens (tertiary/aromatic N) is 1. The van der Waals surface area contributed by atoms with E-state index in [1.165, 1.54) is 6.20 Å². The largest absolute Gasteiger partial charge is 0.496 e. The Labute approximate surface area is 109 Å². The smallest absolute Gasteiger partial charge is 0.258 e. The molecule has 1 heterocycles. The predicted octanol–water partition coefficient (Wildman–Crippen LogP) is 2.41. The summed E-state index contributed by atoms with van der Waals surface area (Å²) < 4.78 is 30.7. The summed E-state index contributed by atoms with van der Waals surface area (Å²) >= 11 is 0. The number of carbonyl (C=O) groups is 1. The van der Waals surface area contributed by atoms with Gasteiger partial charge in [0.15, 0.2) is 0 Å². The molecule has 1 saturated carbocycles. The Bertz CT molecular complexity index is 481. The van der Waals surface area contributed by atoms with Gasteiger partial charge in [-0.05, 0) is 42.9 Å². The summed E-state index contributed by atoms with van der Waals surface area (Å²) in [4.78, 5) is 14.2. The number of pyridine rings is 1. The molecular formula is C13H14F2NO3-. The first kappa shape index (κ1) is 13.7. The van der Waals surface area contributed by atoms with Crippen molar-refractivity contribution < 1.29 is 23.4 Å². The summed E-state index contributed by atoms with van der Waals surface area (Å²) in [6.45, 7) is 1.67. The van der Waals surface area contributed by atoms with Gasteiger partial charge in [-0.15, -0.1) is 0 Å². The molecule has 0 unspecified atom stereocenters. The number of hydrogen-bond donors (Lipinski definition) is 0. The second kappa shape index (κ2) is 5.11. The SMILES string of the molecule is Cc1c(C2CCC(F)(F)CC2)ccnc1OC(=O)[O-]. The fourth-order valence-corrected chi connectivity index (χ4v) is 2.51. The van der Waals surface area contributed by atoms with Crippen LogP contribution in [0.1, 0.15) is 42.7 Å². The molecule has 104 valence electrons. The maximum atomic E-state index is 13.1. The van der Waals surface area contributed by atoms with Crippen molar-refractivity contribution >= 4 is 6.16 Å². The van der Waals surface area contributed by atoms with E-state index < -0.39 is 12.1 Å². The molecule has 0 atom stereocenters. The van der Waals surface area contributed by atoms with E-state index in [0.29, 0.717) is 18.4 Å². The number of alkyl halides is 2. The molecule has 0 amide bonds. The van der Waals surface area contributed by atoms with Crippen LogP contribution in [0.2, 0.25) is 0 Å². The fourth-order valence-electron chi connectivity index (χ4n) is 2.51. The van der Waals surface area contributed by atoms with Gasteiger partial charge >= 0.3 is 0 Å². The molecule has 1 fully saturated rings. The molecule has 1 aliphatic rings. The molecule has 0 saturated heterocycles. The number of carboxylic acid groups (broad SMARTS) is 1. The Kier molecular flexibility index (Phi) is 3.68. The molecule has 0 radical (unpaired) electrons. The van der Waals surface area contributed by atoms with Crippen LogP contribution in [0, 0.1) is 6.92 Å². The summed E-state index contributed by atoms with van der Waals surface area (Å²) in [6, 6.07) is 1.73. The van der Waals surface area contributed by atoms with Gasteiger partial charge in [0.1, 0.15) is 5.88 Å². The molecule has 1 aromatic rings. The molecule has 0 N–H and O–H groups in total. The third kappa shape index (κ3) is 3.19. The van der Waals surface area contributed by atoms with Crippen molar-refractivity contribution in [3.05, 3.63) is 23.4 Å². The molecule has 2 rings (SSSR count). The van der Waals surface area contributed by atoms with E-state index in [4.69, 9.17) is 0 Å². The molecule has 4 nitrogen and oxygen atoms in total. The minimum atomic E-state index is -2.58. The topological polar surface area (TPSA) is 62.2 Å². The van der Waals surface area contributed by atoms with Gasteiger partial charge in [0, 0.05) is 19.0 Å². The second-order valence-electron chi connectivity index (χ2n) is 4.81. The first-order valence-corrected chi connectivity index (χ1v) is 6.11. The van der Waals surface area contributed by atoms with Gasteiger partial charge in [-0.2, -0.15) is 0 Å². The fraction of sp³-hybridized carbons (Fsp3) is 0.538. The zero-order chi connectivity index (χ0) is 14.0. The summed E-state index contributed by atoms with van der Waals surface area (Å²) in [7, 11) is 0. The molecule has 19 heavy (non-hydrogen) atoms. The van der Waals surface area contributed by atoms with Crippen LogP contribution in [0.4, 0.5) is 13.6 Å². The van der Waals surface area contributed by atoms with Gasteiger partial charge in [-0.3, -0.25) is 0 Å². The lowest BCUT2D eigenvalue weighted by atomic mass is 9.81. The maximum Gasteiger partial charge on any atom is 0.258 e. The van der Waals surface area contributed by atoms with Gasteiger partial charge in [-0.1, -0.05) is 0 Å². The molecule has 0 bridgehead atoms. The lowest BCUT2D eigenvalue weighted by Gasteiger charge is -2.29. The number of aromatic nitrogens is 1. The molecule has 6 heteroatoms. The van der Waals surface area contributed by atoms with Crippen molar-refractivity contribution in [1.82, 2.24) is 4.98 Å². The first-order valence-electron chi connectivity index (χ1n) is 6.11. The summed E-state index contributed by atoms with van der Waals surface area (Å²) in [5.41, 5.74) is 1.39. The number of hydrogen-bond acceptors (Lipinski definition) is 4. The van der Waals surface area contributed by atoms with Crippen LogP contribution in [0.15, 0.2) is 12.3 Å². The minimum absolute atomic E-state index is 0.00766. The Balaban J connectivity index is 2.19. The highest BCUT2D eigenvalue weighted by atomic mass is 19.3. The normalized spacial score (nSPS) is 19.1. The number of carbonyl (C=O) groups excluding carboxylic acids is 1. The first-order chi connectivity index (χ1) is 8.89. The minimum Gasteiger partial charge on any atom is -0.496 e. The van der Waals surface area contributed by atoms with E-state index in [1.54, 1.807) is 13.0 Å². The van der Waals surface area contributed by atoms with E-state index in [9.17, 15) is 18.7 Å². The van der Waals surface area contributed by atoms with Crippen molar-refractivity contribution in [2.45, 2.75) is 44.4 Å². The third-order valence-corrected chi connectivity index (χ3v) is 3.54. The average Bonchev–Trinajstić information content (AvgIpc) is 2.32. The molecule has 0 aliphatic heterocycles. The number of rotatable bonds is 2. The molecular weight excluding hydrogens is 256 g/mol. The van der Waals surface area contributed by atoms with Gasteiger partial charge < -0.3 is 14.6 Å². The van der Waals surface area contributed by atoms with E-state index in [1.807, 2.05) is 0 Å². The zero-order valence-corrected chi connectivity index (χ0v) is 10.5. The van der Waals surface area contributed by atoms with E-state index in [-0.39, 0.29) is 24.6 Å². The number of halogens is 2. The van der Waals surface area contributed by atoms with Crippen LogP contribution in [0.25, 0.3) is 0 Å². The molecule has 1 aromatic heterocycles. The summed E-state index contributed by atoms with van der Waals surface area (Å²) in [6.07, 6.45) is 0.216. The highest BCUT2D eigenvalue weighted by molar-refractivity contribution is 5.59. The van der Waals surface area contributed by atoms with E-state index in [0.717, 1.165) is 5.56 Å². The van der Waals surface area contributed by atoms with Gasteiger partial charge in [0.25, 0.3) is 6.16 Å². The predicted molar refractivity (Wildman–Crippen MR) is 61.2 cm³/mol. The molecule has 0 spiro atoms. The Morgan fingerprint density at radius 3 is 2.68 bits per heavy atom. The Morgan fingerprint density at radius 2 is 2.11 bits per heavy atom. The lowest BCUT2D eigenvalue weighted by molar-refractivity contribution is -0.271. The van der Waals surface area contributed by atoms with Crippen LogP contribution in [0.5, 0.6) is 5.88 Å². The van der Waals surface area contributed by atoms with Crippen LogP contribution < -0.4 is 9.84 Å². The van der Waals surface area contributed by atoms with Gasteiger partial charge in [0.05, 0.1) is 0 Å². The van der Waals surface area contributed by atoms with E-state index in [2.05, 4.69) is 9.72 Å². The van der Waals surface area contributed by atoms with Crippen molar-refractivity contribution in [2.24, 2.45) is 0 Å². The van der Waals surface area contributed by atoms with Crippen LogP contribution in [0.3, 0.4) is 0 Å². The summed E-state index contributed by atoms with van der Waals surface area (Å²) in [5, 5.41) is 10.4. The zero-order valence-electron chi connectivity index (χ0n) is 10.5. The highest BCUT2D eigenvalue weighted by Gasteiger charge is 2.35. The average molecular weight is 270 g/mol. The van der Waals surface area contributed by atoms with Crippen molar-refractivity contribution in [3.8, 4) is 5.88 Å². The van der Waals surface area contributed by atoms with Crippen LogP contribution in [-0.2, 0) is 0 Å². The lowest BCUT2D eigenvalue weighted by Crippen LogP contribution is -2.27. The molecule has 0 aromatic carbocycles. The Morgan fingerprint density at radius 1 is 1.47 bits per heavy atom. The van der Waals surface area contributed by atoms with Crippen molar-refractivity contribution in [1.29, 1.82) is 0 Å². The van der Waals surface area contributed by atoms with E-state index >= 15 is 0 Å². The summed E-state index contributed by atoms with van der Waals surface area (Å²) in [5.74, 6) is -2.62. The standard InChI is InChI=1S/C13H15F2NO3/c1-8-10(4-7-16-11(8)19-12(17)18)9-2-5-13(14,15)6-3-9/h4,7,9H,2-3,5-6H2,1H3,(H,17,18)/p-1. The quantitative estimate of drug-likeness (QED) is 0.774. The molecule has 1 aliphatic carbocycles. The highest BCUT2D eigenvalue weighted by Crippen LogP contribution is 2.42. The third-order valence-electron chi connectivity index (χ3n) is 3.54. The van der Waals surface area contributed by atoms with Crippen LogP contribution >= 0.6 is 0 Å². The monoisotopic (exact) mass is 270 g/mol. The van der Waals surface area contributed by atoms with Gasteiger partial charge in [0.2, 0.25) is 5.92 Å². The number of ether oxygens (including phenoxy) is 1.